The molecule has 3 N–H and O–H groups in total. The molecule has 8 heteroatoms. The van der Waals surface area contributed by atoms with Gasteiger partial charge in [0.15, 0.2) is 5.96 Å². The Morgan fingerprint density at radius 3 is 2.45 bits per heavy atom. The van der Waals surface area contributed by atoms with Crippen LogP contribution in [0.1, 0.15) is 49.0 Å². The topological polar surface area (TPSA) is 91.0 Å². The van der Waals surface area contributed by atoms with Crippen molar-refractivity contribution in [2.75, 3.05) is 33.2 Å². The fraction of sp³-hybridized carbons (Fsp3) is 0.571. The predicted molar refractivity (Wildman–Crippen MR) is 127 cm³/mol. The summed E-state index contributed by atoms with van der Waals surface area (Å²) in [6, 6.07) is 7.71. The summed E-state index contributed by atoms with van der Waals surface area (Å²) in [5, 5.41) is 3.39. The molecule has 0 aliphatic carbocycles. The summed E-state index contributed by atoms with van der Waals surface area (Å²) in [6.07, 6.45) is 2.48. The third-order valence-corrected chi connectivity index (χ3v) is 5.22. The van der Waals surface area contributed by atoms with Gasteiger partial charge in [0, 0.05) is 51.8 Å². The second-order valence-electron chi connectivity index (χ2n) is 7.20. The molecule has 1 aliphatic rings. The second kappa shape index (κ2) is 12.7. The van der Waals surface area contributed by atoms with Gasteiger partial charge in [-0.05, 0) is 50.3 Å². The maximum absolute atomic E-state index is 12.4. The van der Waals surface area contributed by atoms with Crippen molar-refractivity contribution in [2.24, 2.45) is 16.6 Å². The summed E-state index contributed by atoms with van der Waals surface area (Å²) in [4.78, 5) is 32.0. The third-order valence-electron chi connectivity index (χ3n) is 5.22. The molecule has 2 amide bonds. The Morgan fingerprint density at radius 2 is 1.90 bits per heavy atom. The lowest BCUT2D eigenvalue weighted by molar-refractivity contribution is -0.119. The molecule has 1 aromatic rings. The van der Waals surface area contributed by atoms with Crippen molar-refractivity contribution in [2.45, 2.75) is 39.7 Å². The quantitative estimate of drug-likeness (QED) is 0.332. The van der Waals surface area contributed by atoms with Gasteiger partial charge in [0.25, 0.3) is 5.91 Å². The number of likely N-dealkylation sites (tertiary alicyclic amines) is 1. The molecule has 0 aromatic heterocycles. The lowest BCUT2D eigenvalue weighted by Crippen LogP contribution is -2.46. The number of halogens is 1. The third kappa shape index (κ3) is 7.49. The van der Waals surface area contributed by atoms with Crippen LogP contribution in [0.4, 0.5) is 0 Å². The van der Waals surface area contributed by atoms with E-state index in [0.717, 1.165) is 37.5 Å². The predicted octanol–water partition coefficient (Wildman–Crippen LogP) is 2.45. The normalized spacial score (nSPS) is 16.7. The molecule has 2 rings (SSSR count). The first-order valence-electron chi connectivity index (χ1n) is 10.1. The SMILES string of the molecule is CCN(CC)C(=O)c1ccc(CNC(=NC)N2CCCC(CC(N)=O)C2)cc1.I. The van der Waals surface area contributed by atoms with Gasteiger partial charge in [0.1, 0.15) is 0 Å². The van der Waals surface area contributed by atoms with Gasteiger partial charge in [0.05, 0.1) is 0 Å². The zero-order chi connectivity index (χ0) is 20.5. The van der Waals surface area contributed by atoms with E-state index in [-0.39, 0.29) is 41.7 Å². The number of rotatable bonds is 7. The molecule has 1 aromatic carbocycles. The minimum absolute atomic E-state index is 0. The molecule has 1 atom stereocenters. The molecule has 1 heterocycles. The van der Waals surface area contributed by atoms with Crippen LogP contribution in [-0.2, 0) is 11.3 Å². The molecule has 0 saturated carbocycles. The molecule has 1 aliphatic heterocycles. The smallest absolute Gasteiger partial charge is 0.253 e. The molecule has 1 unspecified atom stereocenters. The largest absolute Gasteiger partial charge is 0.370 e. The van der Waals surface area contributed by atoms with Crippen LogP contribution in [0.25, 0.3) is 0 Å². The number of piperidine rings is 1. The van der Waals surface area contributed by atoms with Crippen LogP contribution in [0.15, 0.2) is 29.3 Å². The highest BCUT2D eigenvalue weighted by atomic mass is 127. The highest BCUT2D eigenvalue weighted by Gasteiger charge is 2.23. The first-order valence-corrected chi connectivity index (χ1v) is 10.1. The molecule has 1 saturated heterocycles. The Kier molecular flexibility index (Phi) is 11.0. The zero-order valence-corrected chi connectivity index (χ0v) is 20.0. The fourth-order valence-corrected chi connectivity index (χ4v) is 3.68. The Morgan fingerprint density at radius 1 is 1.24 bits per heavy atom. The number of carbonyl (C=O) groups is 2. The Hall–Kier alpha value is -1.84. The summed E-state index contributed by atoms with van der Waals surface area (Å²) in [7, 11) is 1.77. The molecule has 29 heavy (non-hydrogen) atoms. The van der Waals surface area contributed by atoms with E-state index in [0.29, 0.717) is 31.6 Å². The van der Waals surface area contributed by atoms with Crippen LogP contribution in [0, 0.1) is 5.92 Å². The number of benzene rings is 1. The Bertz CT molecular complexity index is 689. The highest BCUT2D eigenvalue weighted by Crippen LogP contribution is 2.19. The van der Waals surface area contributed by atoms with Crippen molar-refractivity contribution in [1.29, 1.82) is 0 Å². The Balaban J connectivity index is 0.00000420. The molecule has 7 nitrogen and oxygen atoms in total. The van der Waals surface area contributed by atoms with Crippen molar-refractivity contribution in [3.8, 4) is 0 Å². The molecule has 0 spiro atoms. The first-order chi connectivity index (χ1) is 13.5. The van der Waals surface area contributed by atoms with E-state index in [4.69, 9.17) is 5.73 Å². The molecular weight excluding hydrogens is 481 g/mol. The van der Waals surface area contributed by atoms with Crippen LogP contribution < -0.4 is 11.1 Å². The molecule has 1 fully saturated rings. The van der Waals surface area contributed by atoms with E-state index in [1.807, 2.05) is 43.0 Å². The maximum Gasteiger partial charge on any atom is 0.253 e. The van der Waals surface area contributed by atoms with Crippen molar-refractivity contribution < 1.29 is 9.59 Å². The van der Waals surface area contributed by atoms with Gasteiger partial charge in [-0.15, -0.1) is 24.0 Å². The standard InChI is InChI=1S/C21H33N5O2.HI/c1-4-25(5-2)20(28)18-10-8-16(9-11-18)14-24-21(23-3)26-12-6-7-17(15-26)13-19(22)27;/h8-11,17H,4-7,12-15H2,1-3H3,(H2,22,27)(H,23,24);1H. The molecule has 0 radical (unpaired) electrons. The second-order valence-corrected chi connectivity index (χ2v) is 7.20. The lowest BCUT2D eigenvalue weighted by atomic mass is 9.95. The van der Waals surface area contributed by atoms with Gasteiger partial charge >= 0.3 is 0 Å². The first kappa shape index (κ1) is 25.2. The van der Waals surface area contributed by atoms with E-state index >= 15 is 0 Å². The van der Waals surface area contributed by atoms with Crippen molar-refractivity contribution in [3.05, 3.63) is 35.4 Å². The van der Waals surface area contributed by atoms with E-state index in [2.05, 4.69) is 15.2 Å². The van der Waals surface area contributed by atoms with Crippen molar-refractivity contribution >= 4 is 41.8 Å². The Labute approximate surface area is 191 Å². The number of carbonyl (C=O) groups excluding carboxylic acids is 2. The summed E-state index contributed by atoms with van der Waals surface area (Å²) < 4.78 is 0. The number of hydrogen-bond donors (Lipinski definition) is 2. The lowest BCUT2D eigenvalue weighted by Gasteiger charge is -2.34. The molecular formula is C21H34IN5O2. The van der Waals surface area contributed by atoms with Gasteiger partial charge in [-0.25, -0.2) is 0 Å². The number of guanidine groups is 1. The molecule has 162 valence electrons. The minimum atomic E-state index is -0.242. The number of nitrogens with zero attached hydrogens (tertiary/aromatic N) is 3. The van der Waals surface area contributed by atoms with Crippen LogP contribution >= 0.6 is 24.0 Å². The van der Waals surface area contributed by atoms with Gasteiger partial charge < -0.3 is 20.9 Å². The number of amides is 2. The summed E-state index contributed by atoms with van der Waals surface area (Å²) in [5.74, 6) is 0.941. The number of hydrogen-bond acceptors (Lipinski definition) is 3. The number of nitrogens with one attached hydrogen (secondary N) is 1. The average Bonchev–Trinajstić information content (AvgIpc) is 2.69. The van der Waals surface area contributed by atoms with E-state index < -0.39 is 0 Å². The van der Waals surface area contributed by atoms with Crippen LogP contribution in [0.3, 0.4) is 0 Å². The minimum Gasteiger partial charge on any atom is -0.370 e. The summed E-state index contributed by atoms with van der Waals surface area (Å²) in [6.45, 7) is 7.73. The van der Waals surface area contributed by atoms with Gasteiger partial charge in [-0.3, -0.25) is 14.6 Å². The van der Waals surface area contributed by atoms with E-state index in [1.165, 1.54) is 0 Å². The van der Waals surface area contributed by atoms with Crippen molar-refractivity contribution in [1.82, 2.24) is 15.1 Å². The van der Waals surface area contributed by atoms with E-state index in [9.17, 15) is 9.59 Å². The number of primary amides is 1. The van der Waals surface area contributed by atoms with Gasteiger partial charge in [0.2, 0.25) is 5.91 Å². The molecule has 0 bridgehead atoms. The van der Waals surface area contributed by atoms with E-state index in [1.54, 1.807) is 7.05 Å². The highest BCUT2D eigenvalue weighted by molar-refractivity contribution is 14.0. The number of nitrogens with two attached hydrogens (primary N) is 1. The van der Waals surface area contributed by atoms with Crippen LogP contribution in [0.2, 0.25) is 0 Å². The summed E-state index contributed by atoms with van der Waals surface area (Å²) >= 11 is 0. The van der Waals surface area contributed by atoms with Gasteiger partial charge in [-0.1, -0.05) is 12.1 Å². The number of aliphatic imine (C=N–C) groups is 1. The zero-order valence-electron chi connectivity index (χ0n) is 17.7. The van der Waals surface area contributed by atoms with Crippen LogP contribution in [-0.4, -0.2) is 60.8 Å². The maximum atomic E-state index is 12.4. The average molecular weight is 515 g/mol. The van der Waals surface area contributed by atoms with Crippen LogP contribution in [0.5, 0.6) is 0 Å². The monoisotopic (exact) mass is 515 g/mol. The van der Waals surface area contributed by atoms with Crippen molar-refractivity contribution in [3.63, 3.8) is 0 Å². The van der Waals surface area contributed by atoms with Gasteiger partial charge in [-0.2, -0.15) is 0 Å². The summed E-state index contributed by atoms with van der Waals surface area (Å²) in [5.41, 5.74) is 7.15. The fourth-order valence-electron chi connectivity index (χ4n) is 3.68.